The van der Waals surface area contributed by atoms with E-state index >= 15 is 0 Å². The molecule has 12 heteroatoms. The summed E-state index contributed by atoms with van der Waals surface area (Å²) in [5, 5.41) is 24.3. The van der Waals surface area contributed by atoms with Gasteiger partial charge < -0.3 is 0 Å². The second kappa shape index (κ2) is 10.2. The van der Waals surface area contributed by atoms with Gasteiger partial charge >= 0.3 is 0 Å². The van der Waals surface area contributed by atoms with Crippen LogP contribution < -0.4 is 10.8 Å². The highest BCUT2D eigenvalue weighted by Crippen LogP contribution is 2.29. The summed E-state index contributed by atoms with van der Waals surface area (Å²) in [6.45, 7) is 3.73. The molecule has 3 heterocycles. The van der Waals surface area contributed by atoms with E-state index in [0.717, 1.165) is 5.69 Å². The highest BCUT2D eigenvalue weighted by atomic mass is 35.5. The van der Waals surface area contributed by atoms with Gasteiger partial charge in [0.05, 0.1) is 28.5 Å². The second-order valence-electron chi connectivity index (χ2n) is 8.60. The molecule has 10 nitrogen and oxygen atoms in total. The standard InChI is InChI=1S/C27H20Cl2N10/c1-16-24(36-33-21-12-8-18(28)9-13-21)38-26(30-16)23(35-32-20-6-4-3-5-7-20)27-31-17(2)25(39(27)38)37-34-22-14-10-19(29)11-15-22/h3-15,32H,1-2H3. The first-order valence-corrected chi connectivity index (χ1v) is 12.7. The van der Waals surface area contributed by atoms with E-state index in [1.54, 1.807) is 57.6 Å². The smallest absolute Gasteiger partial charge is 0.198 e. The number of aryl methyl sites for hydroxylation is 2. The molecule has 192 valence electrons. The van der Waals surface area contributed by atoms with Gasteiger partial charge in [-0.25, -0.2) is 19.0 Å². The highest BCUT2D eigenvalue weighted by molar-refractivity contribution is 6.30. The van der Waals surface area contributed by atoms with Crippen LogP contribution in [-0.4, -0.2) is 19.0 Å². The van der Waals surface area contributed by atoms with Crippen LogP contribution in [0.5, 0.6) is 0 Å². The number of anilines is 1. The fraction of sp³-hybridized carbons (Fsp3) is 0.0741. The molecule has 0 bridgehead atoms. The molecule has 0 aliphatic heterocycles. The van der Waals surface area contributed by atoms with Crippen LogP contribution in [0.25, 0.3) is 11.3 Å². The van der Waals surface area contributed by atoms with E-state index in [1.165, 1.54) is 0 Å². The summed E-state index contributed by atoms with van der Waals surface area (Å²) in [5.74, 6) is 1.01. The van der Waals surface area contributed by atoms with Gasteiger partial charge in [-0.2, -0.15) is 5.10 Å². The molecule has 3 aromatic heterocycles. The Morgan fingerprint density at radius 2 is 1.08 bits per heavy atom. The largest absolute Gasteiger partial charge is 0.278 e. The topological polar surface area (TPSA) is 108 Å². The van der Waals surface area contributed by atoms with Gasteiger partial charge in [-0.15, -0.1) is 20.5 Å². The van der Waals surface area contributed by atoms with Crippen LogP contribution in [-0.2, 0) is 0 Å². The summed E-state index contributed by atoms with van der Waals surface area (Å²) in [6.07, 6.45) is 0. The summed E-state index contributed by atoms with van der Waals surface area (Å²) >= 11 is 12.0. The van der Waals surface area contributed by atoms with Crippen LogP contribution in [0.15, 0.2) is 104 Å². The molecule has 0 aliphatic rings. The zero-order valence-electron chi connectivity index (χ0n) is 20.8. The van der Waals surface area contributed by atoms with Gasteiger partial charge in [0.25, 0.3) is 0 Å². The van der Waals surface area contributed by atoms with Gasteiger partial charge in [0.1, 0.15) is 0 Å². The van der Waals surface area contributed by atoms with Crippen LogP contribution in [0.4, 0.5) is 28.7 Å². The molecule has 0 saturated heterocycles. The summed E-state index contributed by atoms with van der Waals surface area (Å²) < 4.78 is 3.59. The lowest BCUT2D eigenvalue weighted by molar-refractivity contribution is 0.859. The molecule has 0 aliphatic carbocycles. The number of para-hydroxylation sites is 1. The van der Waals surface area contributed by atoms with E-state index in [0.29, 0.717) is 61.1 Å². The fourth-order valence-corrected chi connectivity index (χ4v) is 4.25. The van der Waals surface area contributed by atoms with Crippen molar-refractivity contribution in [1.29, 1.82) is 0 Å². The fourth-order valence-electron chi connectivity index (χ4n) is 3.99. The Bertz CT molecular complexity index is 1790. The second-order valence-corrected chi connectivity index (χ2v) is 9.48. The quantitative estimate of drug-likeness (QED) is 0.166. The van der Waals surface area contributed by atoms with Gasteiger partial charge in [0.15, 0.2) is 28.3 Å². The van der Waals surface area contributed by atoms with Gasteiger partial charge in [-0.3, -0.25) is 5.43 Å². The van der Waals surface area contributed by atoms with Crippen LogP contribution in [0.2, 0.25) is 10.0 Å². The zero-order valence-corrected chi connectivity index (χ0v) is 22.3. The molecular formula is C27H20Cl2N10. The maximum Gasteiger partial charge on any atom is 0.198 e. The van der Waals surface area contributed by atoms with Crippen LogP contribution in [0.1, 0.15) is 11.4 Å². The molecule has 0 spiro atoms. The van der Waals surface area contributed by atoms with E-state index in [2.05, 4.69) is 31.0 Å². The van der Waals surface area contributed by atoms with Gasteiger partial charge in [0.2, 0.25) is 0 Å². The number of rotatable bonds is 6. The lowest BCUT2D eigenvalue weighted by atomic mass is 10.3. The number of hydrogen-bond donors (Lipinski definition) is 1. The SMILES string of the molecule is Cc1nc2c(=NNc3ccccc3)c3nc(C)c(N=Nc4ccc(Cl)cc4)n3n2c1N=Nc1ccc(Cl)cc1. The highest BCUT2D eigenvalue weighted by Gasteiger charge is 2.23. The van der Waals surface area contributed by atoms with E-state index in [9.17, 15) is 0 Å². The third-order valence-corrected chi connectivity index (χ3v) is 6.37. The Labute approximate surface area is 232 Å². The first-order chi connectivity index (χ1) is 19.0. The van der Waals surface area contributed by atoms with Crippen molar-refractivity contribution in [3.8, 4) is 0 Å². The molecule has 0 fully saturated rings. The first kappa shape index (κ1) is 24.7. The molecule has 0 amide bonds. The maximum absolute atomic E-state index is 6.02. The Morgan fingerprint density at radius 1 is 0.615 bits per heavy atom. The first-order valence-electron chi connectivity index (χ1n) is 11.9. The zero-order chi connectivity index (χ0) is 26.9. The third kappa shape index (κ3) is 4.83. The molecule has 6 rings (SSSR count). The Balaban J connectivity index is 1.56. The molecule has 3 aromatic carbocycles. The van der Waals surface area contributed by atoms with Crippen LogP contribution in [0, 0.1) is 13.8 Å². The van der Waals surface area contributed by atoms with Gasteiger partial charge in [0, 0.05) is 10.0 Å². The summed E-state index contributed by atoms with van der Waals surface area (Å²) in [7, 11) is 0. The molecule has 0 atom stereocenters. The number of imidazole rings is 2. The summed E-state index contributed by atoms with van der Waals surface area (Å²) in [4.78, 5) is 9.53. The Kier molecular flexibility index (Phi) is 6.47. The molecular weight excluding hydrogens is 535 g/mol. The molecule has 1 N–H and O–H groups in total. The predicted octanol–water partition coefficient (Wildman–Crippen LogP) is 8.10. The van der Waals surface area contributed by atoms with E-state index in [-0.39, 0.29) is 0 Å². The minimum atomic E-state index is 0.506. The lowest BCUT2D eigenvalue weighted by Gasteiger charge is -1.99. The molecule has 39 heavy (non-hydrogen) atoms. The van der Waals surface area contributed by atoms with E-state index in [1.807, 2.05) is 44.2 Å². The number of aromatic nitrogens is 4. The normalized spacial score (nSPS) is 11.9. The third-order valence-electron chi connectivity index (χ3n) is 5.86. The Hall–Kier alpha value is -4.67. The van der Waals surface area contributed by atoms with Crippen molar-refractivity contribution in [1.82, 2.24) is 19.0 Å². The minimum absolute atomic E-state index is 0.506. The van der Waals surface area contributed by atoms with Crippen LogP contribution in [0.3, 0.4) is 0 Å². The average molecular weight is 555 g/mol. The number of nitrogens with one attached hydrogen (secondary N) is 1. The summed E-state index contributed by atoms with van der Waals surface area (Å²) in [5.41, 5.74) is 7.64. The monoisotopic (exact) mass is 554 g/mol. The lowest BCUT2D eigenvalue weighted by Crippen LogP contribution is -2.06. The number of hydrogen-bond acceptors (Lipinski definition) is 8. The number of halogens is 2. The predicted molar refractivity (Wildman–Crippen MR) is 151 cm³/mol. The Morgan fingerprint density at radius 3 is 1.54 bits per heavy atom. The number of nitrogens with zero attached hydrogens (tertiary/aromatic N) is 9. The average Bonchev–Trinajstić information content (AvgIpc) is 3.53. The molecule has 6 aromatic rings. The van der Waals surface area contributed by atoms with Crippen molar-refractivity contribution >= 4 is 63.2 Å². The van der Waals surface area contributed by atoms with Crippen molar-refractivity contribution in [3.63, 3.8) is 0 Å². The van der Waals surface area contributed by atoms with Gasteiger partial charge in [-0.1, -0.05) is 41.4 Å². The van der Waals surface area contributed by atoms with Crippen molar-refractivity contribution in [2.24, 2.45) is 25.6 Å². The van der Waals surface area contributed by atoms with E-state index in [4.69, 9.17) is 33.2 Å². The van der Waals surface area contributed by atoms with Crippen molar-refractivity contribution < 1.29 is 0 Å². The van der Waals surface area contributed by atoms with Gasteiger partial charge in [-0.05, 0) is 74.5 Å². The van der Waals surface area contributed by atoms with Crippen LogP contribution >= 0.6 is 23.2 Å². The number of benzene rings is 3. The molecule has 0 radical (unpaired) electrons. The van der Waals surface area contributed by atoms with Crippen molar-refractivity contribution in [2.45, 2.75) is 13.8 Å². The van der Waals surface area contributed by atoms with Crippen molar-refractivity contribution in [2.75, 3.05) is 5.43 Å². The maximum atomic E-state index is 6.02. The van der Waals surface area contributed by atoms with Crippen molar-refractivity contribution in [3.05, 3.63) is 106 Å². The molecule has 0 saturated carbocycles. The molecule has 0 unspecified atom stereocenters. The summed E-state index contributed by atoms with van der Waals surface area (Å²) in [6, 6.07) is 23.8. The van der Waals surface area contributed by atoms with E-state index < -0.39 is 0 Å². The minimum Gasteiger partial charge on any atom is -0.278 e. The number of fused-ring (bicyclic) bond motifs is 3. The number of azo groups is 2.